The molecule has 0 aliphatic rings. The highest BCUT2D eigenvalue weighted by Crippen LogP contribution is 2.53. The molecule has 0 unspecified atom stereocenters. The minimum Gasteiger partial charge on any atom is -0.459 e. The molecule has 0 rings (SSSR count). The van der Waals surface area contributed by atoms with Gasteiger partial charge in [-0.1, -0.05) is 0 Å². The fourth-order valence-electron chi connectivity index (χ4n) is 0.871. The number of ether oxygens (including phenoxy) is 1. The van der Waals surface area contributed by atoms with E-state index in [0.717, 1.165) is 20.8 Å². The molecule has 0 aromatic rings. The zero-order valence-corrected chi connectivity index (χ0v) is 10.9. The molecular formula is C10H11F9O2. The minimum atomic E-state index is -6.99. The summed E-state index contributed by atoms with van der Waals surface area (Å²) in [7, 11) is 0. The van der Waals surface area contributed by atoms with Crippen molar-refractivity contribution in [2.24, 2.45) is 5.41 Å². The van der Waals surface area contributed by atoms with Gasteiger partial charge in [-0.15, -0.1) is 0 Å². The Morgan fingerprint density at radius 1 is 0.810 bits per heavy atom. The van der Waals surface area contributed by atoms with Crippen molar-refractivity contribution in [2.45, 2.75) is 44.7 Å². The Balaban J connectivity index is 5.28. The minimum absolute atomic E-state index is 1.13. The highest BCUT2D eigenvalue weighted by Gasteiger charge is 2.82. The molecule has 0 fully saturated rings. The van der Waals surface area contributed by atoms with Crippen molar-refractivity contribution in [1.82, 2.24) is 0 Å². The third-order valence-electron chi connectivity index (χ3n) is 2.21. The van der Waals surface area contributed by atoms with Crippen LogP contribution in [0.4, 0.5) is 39.5 Å². The van der Waals surface area contributed by atoms with E-state index in [4.69, 9.17) is 0 Å². The van der Waals surface area contributed by atoms with Gasteiger partial charge in [-0.25, -0.2) is 0 Å². The second-order valence-corrected chi connectivity index (χ2v) is 5.18. The van der Waals surface area contributed by atoms with E-state index in [0.29, 0.717) is 0 Å². The maximum Gasteiger partial charge on any atom is 0.460 e. The highest BCUT2D eigenvalue weighted by molar-refractivity contribution is 5.75. The van der Waals surface area contributed by atoms with Gasteiger partial charge in [0.1, 0.15) is 0 Å². The molecule has 21 heavy (non-hydrogen) atoms. The fraction of sp³-hybridized carbons (Fsp3) is 0.900. The Bertz CT molecular complexity index is 392. The number of carbonyl (C=O) groups excluding carboxylic acids is 1. The molecule has 0 aromatic heterocycles. The number of alkyl halides is 9. The van der Waals surface area contributed by atoms with Gasteiger partial charge in [-0.2, -0.15) is 39.5 Å². The molecule has 0 spiro atoms. The van der Waals surface area contributed by atoms with Crippen LogP contribution in [0.2, 0.25) is 0 Å². The molecule has 11 heteroatoms. The van der Waals surface area contributed by atoms with Gasteiger partial charge in [0, 0.05) is 0 Å². The third-order valence-corrected chi connectivity index (χ3v) is 2.21. The average Bonchev–Trinajstić information content (AvgIpc) is 2.22. The van der Waals surface area contributed by atoms with Crippen molar-refractivity contribution in [3.63, 3.8) is 0 Å². The number of rotatable bonds is 4. The summed E-state index contributed by atoms with van der Waals surface area (Å²) in [5, 5.41) is 0. The van der Waals surface area contributed by atoms with Crippen LogP contribution in [-0.2, 0) is 9.53 Å². The summed E-state index contributed by atoms with van der Waals surface area (Å²) in [5.74, 6) is -21.1. The topological polar surface area (TPSA) is 26.3 Å². The Labute approximate surface area is 113 Å². The molecule has 0 amide bonds. The van der Waals surface area contributed by atoms with Gasteiger partial charge in [0.25, 0.3) is 0 Å². The molecule has 0 atom stereocenters. The summed E-state index contributed by atoms with van der Waals surface area (Å²) in [6, 6.07) is 0. The standard InChI is InChI=1S/C10H11F9O2/c1-6(2,3)5(20)21-4-7(11,12)8(13,14)9(15,16)10(17,18)19/h4H2,1-3H3. The maximum absolute atomic E-state index is 13.0. The Hall–Kier alpha value is -1.16. The molecule has 0 saturated heterocycles. The van der Waals surface area contributed by atoms with E-state index >= 15 is 0 Å². The lowest BCUT2D eigenvalue weighted by atomic mass is 9.97. The van der Waals surface area contributed by atoms with Crippen LogP contribution in [0.25, 0.3) is 0 Å². The SMILES string of the molecule is CC(C)(C)C(=O)OCC(F)(F)C(F)(F)C(F)(F)C(F)(F)F. The van der Waals surface area contributed by atoms with Crippen molar-refractivity contribution in [2.75, 3.05) is 6.61 Å². The first-order valence-electron chi connectivity index (χ1n) is 5.25. The van der Waals surface area contributed by atoms with Crippen molar-refractivity contribution >= 4 is 5.97 Å². The monoisotopic (exact) mass is 334 g/mol. The van der Waals surface area contributed by atoms with Gasteiger partial charge in [-0.05, 0) is 20.8 Å². The predicted octanol–water partition coefficient (Wildman–Crippen LogP) is 4.04. The van der Waals surface area contributed by atoms with Crippen molar-refractivity contribution < 1.29 is 49.0 Å². The van der Waals surface area contributed by atoms with Crippen LogP contribution in [0.1, 0.15) is 20.8 Å². The first-order chi connectivity index (χ1) is 8.88. The van der Waals surface area contributed by atoms with E-state index in [1.54, 1.807) is 0 Å². The van der Waals surface area contributed by atoms with Crippen LogP contribution in [0.3, 0.4) is 0 Å². The molecule has 0 aliphatic carbocycles. The van der Waals surface area contributed by atoms with E-state index in [2.05, 4.69) is 4.74 Å². The van der Waals surface area contributed by atoms with Crippen LogP contribution in [0.15, 0.2) is 0 Å². The van der Waals surface area contributed by atoms with Crippen molar-refractivity contribution in [3.05, 3.63) is 0 Å². The smallest absolute Gasteiger partial charge is 0.459 e. The predicted molar refractivity (Wildman–Crippen MR) is 51.3 cm³/mol. The summed E-state index contributed by atoms with van der Waals surface area (Å²) in [5.41, 5.74) is -1.43. The fourth-order valence-corrected chi connectivity index (χ4v) is 0.871. The Morgan fingerprint density at radius 2 is 1.19 bits per heavy atom. The van der Waals surface area contributed by atoms with Gasteiger partial charge >= 0.3 is 29.9 Å². The lowest BCUT2D eigenvalue weighted by Crippen LogP contribution is -2.62. The second kappa shape index (κ2) is 5.24. The van der Waals surface area contributed by atoms with E-state index in [-0.39, 0.29) is 0 Å². The number of hydrogen-bond donors (Lipinski definition) is 0. The zero-order chi connectivity index (χ0) is 17.5. The lowest BCUT2D eigenvalue weighted by Gasteiger charge is -2.33. The molecule has 0 saturated carbocycles. The van der Waals surface area contributed by atoms with Gasteiger partial charge < -0.3 is 4.74 Å². The number of hydrogen-bond acceptors (Lipinski definition) is 2. The van der Waals surface area contributed by atoms with E-state index < -0.39 is 41.9 Å². The van der Waals surface area contributed by atoms with Crippen LogP contribution in [0, 0.1) is 5.41 Å². The Morgan fingerprint density at radius 3 is 1.48 bits per heavy atom. The van der Waals surface area contributed by atoms with E-state index in [1.165, 1.54) is 0 Å². The zero-order valence-electron chi connectivity index (χ0n) is 10.9. The molecule has 0 bridgehead atoms. The van der Waals surface area contributed by atoms with Gasteiger partial charge in [0.15, 0.2) is 6.61 Å². The van der Waals surface area contributed by atoms with Crippen molar-refractivity contribution in [3.8, 4) is 0 Å². The lowest BCUT2D eigenvalue weighted by molar-refractivity contribution is -0.399. The number of halogens is 9. The van der Waals surface area contributed by atoms with Crippen LogP contribution >= 0.6 is 0 Å². The van der Waals surface area contributed by atoms with Crippen molar-refractivity contribution in [1.29, 1.82) is 0 Å². The molecule has 0 aromatic carbocycles. The summed E-state index contributed by atoms with van der Waals surface area (Å²) in [6.07, 6.45) is -6.89. The van der Waals surface area contributed by atoms with Gasteiger partial charge in [0.2, 0.25) is 0 Å². The largest absolute Gasteiger partial charge is 0.460 e. The normalized spacial score (nSPS) is 15.0. The van der Waals surface area contributed by atoms with Crippen LogP contribution in [0.5, 0.6) is 0 Å². The molecule has 126 valence electrons. The first-order valence-corrected chi connectivity index (χ1v) is 5.25. The van der Waals surface area contributed by atoms with E-state index in [1.807, 2.05) is 0 Å². The molecule has 0 N–H and O–H groups in total. The van der Waals surface area contributed by atoms with Gasteiger partial charge in [0.05, 0.1) is 5.41 Å². The molecule has 0 heterocycles. The quantitative estimate of drug-likeness (QED) is 0.573. The number of carbonyl (C=O) groups is 1. The highest BCUT2D eigenvalue weighted by atomic mass is 19.4. The molecule has 0 radical (unpaired) electrons. The summed E-state index contributed by atoms with van der Waals surface area (Å²) < 4.78 is 116. The van der Waals surface area contributed by atoms with Gasteiger partial charge in [-0.3, -0.25) is 4.79 Å². The summed E-state index contributed by atoms with van der Waals surface area (Å²) in [6.45, 7) is 0.795. The average molecular weight is 334 g/mol. The third kappa shape index (κ3) is 3.73. The second-order valence-electron chi connectivity index (χ2n) is 5.18. The first kappa shape index (κ1) is 19.8. The molecule has 0 aliphatic heterocycles. The maximum atomic E-state index is 13.0. The summed E-state index contributed by atoms with van der Waals surface area (Å²) >= 11 is 0. The molecular weight excluding hydrogens is 323 g/mol. The molecule has 2 nitrogen and oxygen atoms in total. The number of esters is 1. The summed E-state index contributed by atoms with van der Waals surface area (Å²) in [4.78, 5) is 11.1. The Kier molecular flexibility index (Phi) is 4.95. The van der Waals surface area contributed by atoms with E-state index in [9.17, 15) is 44.3 Å². The van der Waals surface area contributed by atoms with Crippen LogP contribution in [-0.4, -0.2) is 36.5 Å². The van der Waals surface area contributed by atoms with Crippen LogP contribution < -0.4 is 0 Å².